The number of ketones is 1. The predicted octanol–water partition coefficient (Wildman–Crippen LogP) is -0.0788. The fraction of sp³-hybridized carbons (Fsp3) is 0.364. The smallest absolute Gasteiger partial charge is 0.300 e. The van der Waals surface area contributed by atoms with Crippen molar-refractivity contribution in [3.63, 3.8) is 0 Å². The molecule has 0 saturated heterocycles. The number of carbonyl (C=O) groups is 1. The Labute approximate surface area is 116 Å². The number of hydrogen-bond acceptors (Lipinski definition) is 5. The minimum absolute atomic E-state index is 0.0732. The molecule has 0 spiro atoms. The van der Waals surface area contributed by atoms with Crippen LogP contribution in [-0.4, -0.2) is 24.9 Å². The van der Waals surface area contributed by atoms with Gasteiger partial charge in [-0.2, -0.15) is 0 Å². The number of hydrogen-bond donors (Lipinski definition) is 0. The van der Waals surface area contributed by atoms with Crippen molar-refractivity contribution in [1.29, 1.82) is 0 Å². The van der Waals surface area contributed by atoms with Gasteiger partial charge in [0, 0.05) is 14.1 Å². The van der Waals surface area contributed by atoms with Crippen LogP contribution in [0.2, 0.25) is 0 Å². The lowest BCUT2D eigenvalue weighted by atomic mass is 10.2. The highest BCUT2D eigenvalue weighted by molar-refractivity contribution is 9.10. The Morgan fingerprint density at radius 3 is 2.42 bits per heavy atom. The van der Waals surface area contributed by atoms with E-state index in [1.807, 2.05) is 0 Å². The van der Waals surface area contributed by atoms with E-state index in [1.54, 1.807) is 0 Å². The fourth-order valence-electron chi connectivity index (χ4n) is 1.73. The molecular formula is C11H11BrN4O3. The summed E-state index contributed by atoms with van der Waals surface area (Å²) in [7, 11) is 2.88. The highest BCUT2D eigenvalue weighted by Crippen LogP contribution is 2.15. The van der Waals surface area contributed by atoms with Gasteiger partial charge < -0.3 is 0 Å². The minimum atomic E-state index is -0.525. The van der Waals surface area contributed by atoms with E-state index < -0.39 is 11.2 Å². The second-order valence-electron chi connectivity index (χ2n) is 4.22. The molecule has 7 nitrogen and oxygen atoms in total. The molecule has 0 unspecified atom stereocenters. The second-order valence-corrected chi connectivity index (χ2v) is 4.97. The van der Waals surface area contributed by atoms with E-state index in [0.29, 0.717) is 10.3 Å². The van der Waals surface area contributed by atoms with Crippen molar-refractivity contribution in [1.82, 2.24) is 19.1 Å². The molecule has 2 heterocycles. The Balaban J connectivity index is 2.91. The van der Waals surface area contributed by atoms with Crippen LogP contribution in [0, 0.1) is 0 Å². The Morgan fingerprint density at radius 1 is 1.21 bits per heavy atom. The molecule has 0 saturated carbocycles. The van der Waals surface area contributed by atoms with E-state index in [0.717, 1.165) is 4.57 Å². The van der Waals surface area contributed by atoms with E-state index in [-0.39, 0.29) is 23.4 Å². The largest absolute Gasteiger partial charge is 0.332 e. The summed E-state index contributed by atoms with van der Waals surface area (Å²) in [6.45, 7) is 1.43. The minimum Gasteiger partial charge on any atom is -0.300 e. The maximum Gasteiger partial charge on any atom is 0.332 e. The molecular weight excluding hydrogens is 316 g/mol. The first-order chi connectivity index (χ1) is 8.82. The maximum atomic E-state index is 12.0. The van der Waals surface area contributed by atoms with Crippen LogP contribution < -0.4 is 11.2 Å². The van der Waals surface area contributed by atoms with Crippen molar-refractivity contribution in [2.24, 2.45) is 14.1 Å². The Kier molecular flexibility index (Phi) is 3.36. The molecule has 2 rings (SSSR count). The average molecular weight is 327 g/mol. The summed E-state index contributed by atoms with van der Waals surface area (Å²) in [6, 6.07) is 0. The van der Waals surface area contributed by atoms with Crippen LogP contribution in [0.5, 0.6) is 0 Å². The summed E-state index contributed by atoms with van der Waals surface area (Å²) >= 11 is 3.20. The van der Waals surface area contributed by atoms with Crippen LogP contribution in [0.25, 0.3) is 11.2 Å². The molecule has 0 aliphatic heterocycles. The number of aromatic nitrogens is 4. The monoisotopic (exact) mass is 326 g/mol. The number of fused-ring (bicyclic) bond motifs is 1. The molecule has 8 heteroatoms. The molecule has 0 bridgehead atoms. The summed E-state index contributed by atoms with van der Waals surface area (Å²) < 4.78 is 2.56. The third-order valence-corrected chi connectivity index (χ3v) is 3.35. The first-order valence-electron chi connectivity index (χ1n) is 5.44. The van der Waals surface area contributed by atoms with Gasteiger partial charge in [-0.25, -0.2) is 14.8 Å². The zero-order valence-electron chi connectivity index (χ0n) is 10.6. The first kappa shape index (κ1) is 13.6. The number of nitrogens with zero attached hydrogens (tertiary/aromatic N) is 4. The van der Waals surface area contributed by atoms with Crippen LogP contribution in [-0.2, 0) is 25.3 Å². The summed E-state index contributed by atoms with van der Waals surface area (Å²) in [5, 5.41) is 0. The number of halogens is 1. The van der Waals surface area contributed by atoms with Gasteiger partial charge in [-0.05, 0) is 22.9 Å². The quantitative estimate of drug-likeness (QED) is 0.770. The van der Waals surface area contributed by atoms with E-state index in [2.05, 4.69) is 25.9 Å². The zero-order chi connectivity index (χ0) is 14.3. The van der Waals surface area contributed by atoms with Crippen molar-refractivity contribution in [2.45, 2.75) is 13.3 Å². The Bertz CT molecular complexity index is 806. The SMILES string of the molecule is CC(=O)Cc1nc2c(=O)n(C)c(=O)n(C)c2nc1Br. The van der Waals surface area contributed by atoms with Crippen molar-refractivity contribution in [3.05, 3.63) is 31.1 Å². The van der Waals surface area contributed by atoms with Crippen molar-refractivity contribution >= 4 is 32.9 Å². The fourth-order valence-corrected chi connectivity index (χ4v) is 2.13. The van der Waals surface area contributed by atoms with E-state index in [4.69, 9.17) is 0 Å². The summed E-state index contributed by atoms with van der Waals surface area (Å²) in [4.78, 5) is 43.2. The molecule has 0 amide bonds. The van der Waals surface area contributed by atoms with Crippen LogP contribution in [0.4, 0.5) is 0 Å². The molecule has 0 fully saturated rings. The van der Waals surface area contributed by atoms with Gasteiger partial charge in [0.25, 0.3) is 5.56 Å². The van der Waals surface area contributed by atoms with E-state index >= 15 is 0 Å². The second kappa shape index (κ2) is 4.69. The van der Waals surface area contributed by atoms with Crippen LogP contribution in [0.1, 0.15) is 12.6 Å². The summed E-state index contributed by atoms with van der Waals surface area (Å²) in [6.07, 6.45) is 0.0789. The van der Waals surface area contributed by atoms with Crippen molar-refractivity contribution < 1.29 is 4.79 Å². The summed E-state index contributed by atoms with van der Waals surface area (Å²) in [5.74, 6) is -0.0870. The number of carbonyl (C=O) groups excluding carboxylic acids is 1. The number of aryl methyl sites for hydroxylation is 1. The van der Waals surface area contributed by atoms with Gasteiger partial charge in [0.05, 0.1) is 12.1 Å². The molecule has 2 aromatic heterocycles. The molecule has 0 atom stereocenters. The standard InChI is InChI=1S/C11H11BrN4O3/c1-5(17)4-6-8(12)14-9-7(13-6)10(18)16(3)11(19)15(9)2/h4H2,1-3H3. The highest BCUT2D eigenvalue weighted by atomic mass is 79.9. The van der Waals surface area contributed by atoms with Gasteiger partial charge in [-0.1, -0.05) is 0 Å². The molecule has 2 aromatic rings. The summed E-state index contributed by atoms with van der Waals surface area (Å²) in [5.41, 5.74) is -0.354. The van der Waals surface area contributed by atoms with Gasteiger partial charge in [0.2, 0.25) is 0 Å². The lowest BCUT2D eigenvalue weighted by molar-refractivity contribution is -0.116. The zero-order valence-corrected chi connectivity index (χ0v) is 12.2. The van der Waals surface area contributed by atoms with E-state index in [1.165, 1.54) is 25.6 Å². The highest BCUT2D eigenvalue weighted by Gasteiger charge is 2.15. The third kappa shape index (κ3) is 2.23. The van der Waals surface area contributed by atoms with Gasteiger partial charge in [0.1, 0.15) is 10.4 Å². The Hall–Kier alpha value is -1.83. The maximum absolute atomic E-state index is 12.0. The molecule has 100 valence electrons. The lowest BCUT2D eigenvalue weighted by Crippen LogP contribution is -2.38. The van der Waals surface area contributed by atoms with Gasteiger partial charge in [0.15, 0.2) is 11.2 Å². The van der Waals surface area contributed by atoms with E-state index in [9.17, 15) is 14.4 Å². The van der Waals surface area contributed by atoms with Crippen LogP contribution in [0.15, 0.2) is 14.2 Å². The number of rotatable bonds is 2. The lowest BCUT2D eigenvalue weighted by Gasteiger charge is -2.08. The molecule has 0 N–H and O–H groups in total. The molecule has 0 aromatic carbocycles. The molecule has 0 radical (unpaired) electrons. The predicted molar refractivity (Wildman–Crippen MR) is 72.1 cm³/mol. The Morgan fingerprint density at radius 2 is 1.84 bits per heavy atom. The molecule has 19 heavy (non-hydrogen) atoms. The third-order valence-electron chi connectivity index (χ3n) is 2.72. The molecule has 0 aliphatic carbocycles. The van der Waals surface area contributed by atoms with Gasteiger partial charge in [-0.3, -0.25) is 18.7 Å². The van der Waals surface area contributed by atoms with Gasteiger partial charge in [-0.15, -0.1) is 0 Å². The van der Waals surface area contributed by atoms with Crippen LogP contribution in [0.3, 0.4) is 0 Å². The van der Waals surface area contributed by atoms with Gasteiger partial charge >= 0.3 is 5.69 Å². The van der Waals surface area contributed by atoms with Crippen LogP contribution >= 0.6 is 15.9 Å². The average Bonchev–Trinajstić information content (AvgIpc) is 2.35. The topological polar surface area (TPSA) is 86.9 Å². The normalized spacial score (nSPS) is 10.9. The van der Waals surface area contributed by atoms with Crippen molar-refractivity contribution in [3.8, 4) is 0 Å². The van der Waals surface area contributed by atoms with Crippen molar-refractivity contribution in [2.75, 3.05) is 0 Å². The number of Topliss-reactive ketones (excluding diaryl/α,β-unsaturated/α-hetero) is 1. The first-order valence-corrected chi connectivity index (χ1v) is 6.23. The molecule has 0 aliphatic rings.